The summed E-state index contributed by atoms with van der Waals surface area (Å²) in [6, 6.07) is 16.8. The minimum atomic E-state index is -0.786. The van der Waals surface area contributed by atoms with E-state index in [2.05, 4.69) is 15.3 Å². The van der Waals surface area contributed by atoms with Crippen molar-refractivity contribution < 1.29 is 9.59 Å². The van der Waals surface area contributed by atoms with Crippen LogP contribution in [0, 0.1) is 0 Å². The number of guanidine groups is 1. The lowest BCUT2D eigenvalue weighted by atomic mass is 9.87. The molecule has 7 nitrogen and oxygen atoms in total. The van der Waals surface area contributed by atoms with Gasteiger partial charge in [0.2, 0.25) is 5.91 Å². The highest BCUT2D eigenvalue weighted by Crippen LogP contribution is 2.34. The molecule has 0 saturated heterocycles. The molecule has 0 radical (unpaired) electrons. The number of carbonyl (C=O) groups is 2. The molecule has 2 amide bonds. The highest BCUT2D eigenvalue weighted by Gasteiger charge is 2.36. The number of benzene rings is 2. The number of nitrogens with one attached hydrogen (secondary N) is 1. The average Bonchev–Trinajstić information content (AvgIpc) is 2.71. The molecule has 2 aromatic carbocycles. The lowest BCUT2D eigenvalue weighted by Crippen LogP contribution is -2.47. The number of anilines is 1. The van der Waals surface area contributed by atoms with Gasteiger partial charge in [-0.25, -0.2) is 4.99 Å². The summed E-state index contributed by atoms with van der Waals surface area (Å²) < 4.78 is 0. The number of rotatable bonds is 3. The Kier molecular flexibility index (Phi) is 4.50. The standard InChI is InChI=1S/C22H21N5O2/c1-22(13-18(28)27(2)21(23)26-22)15-7-5-8-16(12-15)25-20(29)19-17-9-4-3-6-14(17)10-11-24-19/h3-12H,13H2,1-2H3,(H2,23,26)(H,25,29). The van der Waals surface area contributed by atoms with Crippen LogP contribution < -0.4 is 11.1 Å². The number of carbonyl (C=O) groups excluding carboxylic acids is 2. The summed E-state index contributed by atoms with van der Waals surface area (Å²) in [5, 5.41) is 4.64. The molecule has 7 heteroatoms. The summed E-state index contributed by atoms with van der Waals surface area (Å²) in [4.78, 5) is 35.2. The van der Waals surface area contributed by atoms with E-state index in [4.69, 9.17) is 5.73 Å². The molecule has 2 heterocycles. The quantitative estimate of drug-likeness (QED) is 0.721. The molecule has 1 aliphatic rings. The van der Waals surface area contributed by atoms with Crippen molar-refractivity contribution in [3.05, 3.63) is 72.1 Å². The van der Waals surface area contributed by atoms with Crippen LogP contribution in [0.1, 0.15) is 29.4 Å². The van der Waals surface area contributed by atoms with Gasteiger partial charge in [0.15, 0.2) is 5.96 Å². The van der Waals surface area contributed by atoms with Crippen molar-refractivity contribution in [2.24, 2.45) is 10.7 Å². The van der Waals surface area contributed by atoms with Gasteiger partial charge in [0.1, 0.15) is 5.69 Å². The summed E-state index contributed by atoms with van der Waals surface area (Å²) in [7, 11) is 1.61. The fourth-order valence-corrected chi connectivity index (χ4v) is 3.50. The van der Waals surface area contributed by atoms with Gasteiger partial charge in [-0.2, -0.15) is 0 Å². The Hall–Kier alpha value is -3.74. The number of hydrogen-bond acceptors (Lipinski definition) is 5. The Morgan fingerprint density at radius 1 is 1.17 bits per heavy atom. The van der Waals surface area contributed by atoms with Crippen LogP contribution in [0.4, 0.5) is 5.69 Å². The Morgan fingerprint density at radius 2 is 1.97 bits per heavy atom. The van der Waals surface area contributed by atoms with Crippen molar-refractivity contribution in [1.82, 2.24) is 9.88 Å². The first-order valence-corrected chi connectivity index (χ1v) is 9.25. The van der Waals surface area contributed by atoms with Crippen LogP contribution in [0.5, 0.6) is 0 Å². The van der Waals surface area contributed by atoms with Gasteiger partial charge in [-0.3, -0.25) is 19.5 Å². The van der Waals surface area contributed by atoms with E-state index >= 15 is 0 Å². The smallest absolute Gasteiger partial charge is 0.274 e. The molecular formula is C22H21N5O2. The van der Waals surface area contributed by atoms with Crippen molar-refractivity contribution in [3.63, 3.8) is 0 Å². The Balaban J connectivity index is 1.64. The van der Waals surface area contributed by atoms with Crippen LogP contribution in [-0.4, -0.2) is 34.7 Å². The maximum Gasteiger partial charge on any atom is 0.274 e. The first-order valence-electron chi connectivity index (χ1n) is 9.25. The van der Waals surface area contributed by atoms with E-state index in [9.17, 15) is 9.59 Å². The third kappa shape index (κ3) is 3.42. The molecule has 3 aromatic rings. The maximum atomic E-state index is 12.9. The van der Waals surface area contributed by atoms with Gasteiger partial charge < -0.3 is 11.1 Å². The molecular weight excluding hydrogens is 366 g/mol. The van der Waals surface area contributed by atoms with Crippen molar-refractivity contribution in [2.45, 2.75) is 18.9 Å². The molecule has 1 unspecified atom stereocenters. The molecule has 0 saturated carbocycles. The predicted octanol–water partition coefficient (Wildman–Crippen LogP) is 2.88. The number of hydrogen-bond donors (Lipinski definition) is 2. The van der Waals surface area contributed by atoms with Crippen LogP contribution in [0.25, 0.3) is 10.8 Å². The van der Waals surface area contributed by atoms with Crippen molar-refractivity contribution in [3.8, 4) is 0 Å². The lowest BCUT2D eigenvalue weighted by molar-refractivity contribution is -0.128. The van der Waals surface area contributed by atoms with E-state index in [0.717, 1.165) is 16.3 Å². The number of fused-ring (bicyclic) bond motifs is 1. The molecule has 146 valence electrons. The lowest BCUT2D eigenvalue weighted by Gasteiger charge is -2.33. The molecule has 1 aromatic heterocycles. The van der Waals surface area contributed by atoms with Crippen molar-refractivity contribution >= 4 is 34.2 Å². The zero-order chi connectivity index (χ0) is 20.6. The average molecular weight is 387 g/mol. The number of pyridine rings is 1. The fraction of sp³-hybridized carbons (Fsp3) is 0.182. The summed E-state index contributed by atoms with van der Waals surface area (Å²) in [6.07, 6.45) is 1.82. The first-order chi connectivity index (χ1) is 13.9. The van der Waals surface area contributed by atoms with Gasteiger partial charge in [0, 0.05) is 24.3 Å². The van der Waals surface area contributed by atoms with Gasteiger partial charge in [-0.15, -0.1) is 0 Å². The molecule has 4 rings (SSSR count). The molecule has 0 spiro atoms. The third-order valence-electron chi connectivity index (χ3n) is 5.21. The molecule has 1 atom stereocenters. The van der Waals surface area contributed by atoms with E-state index < -0.39 is 5.54 Å². The monoisotopic (exact) mass is 387 g/mol. The molecule has 1 aliphatic heterocycles. The summed E-state index contributed by atoms with van der Waals surface area (Å²) in [5.74, 6) is -0.223. The highest BCUT2D eigenvalue weighted by molar-refractivity contribution is 6.11. The van der Waals surface area contributed by atoms with E-state index in [-0.39, 0.29) is 24.2 Å². The number of aromatic nitrogens is 1. The van der Waals surface area contributed by atoms with E-state index in [1.165, 1.54) is 4.90 Å². The largest absolute Gasteiger partial charge is 0.369 e. The van der Waals surface area contributed by atoms with E-state index in [1.807, 2.05) is 55.5 Å². The molecule has 3 N–H and O–H groups in total. The van der Waals surface area contributed by atoms with Crippen LogP contribution in [0.2, 0.25) is 0 Å². The fourth-order valence-electron chi connectivity index (χ4n) is 3.50. The highest BCUT2D eigenvalue weighted by atomic mass is 16.2. The second kappa shape index (κ2) is 7.01. The number of aliphatic imine (C=N–C) groups is 1. The number of nitrogens with zero attached hydrogens (tertiary/aromatic N) is 3. The van der Waals surface area contributed by atoms with E-state index in [1.54, 1.807) is 19.3 Å². The number of nitrogens with two attached hydrogens (primary N) is 1. The Labute approximate surface area is 168 Å². The Bertz CT molecular complexity index is 1150. The van der Waals surface area contributed by atoms with Crippen LogP contribution in [0.3, 0.4) is 0 Å². The molecule has 0 bridgehead atoms. The molecule has 0 fully saturated rings. The first kappa shape index (κ1) is 18.6. The van der Waals surface area contributed by atoms with Gasteiger partial charge in [-0.1, -0.05) is 36.4 Å². The summed E-state index contributed by atoms with van der Waals surface area (Å²) >= 11 is 0. The minimum absolute atomic E-state index is 0.102. The van der Waals surface area contributed by atoms with Gasteiger partial charge >= 0.3 is 0 Å². The van der Waals surface area contributed by atoms with E-state index in [0.29, 0.717) is 11.4 Å². The summed E-state index contributed by atoms with van der Waals surface area (Å²) in [5.41, 5.74) is 6.88. The Morgan fingerprint density at radius 3 is 2.76 bits per heavy atom. The maximum absolute atomic E-state index is 12.9. The minimum Gasteiger partial charge on any atom is -0.369 e. The second-order valence-corrected chi connectivity index (χ2v) is 7.29. The van der Waals surface area contributed by atoms with Crippen LogP contribution in [0.15, 0.2) is 65.8 Å². The zero-order valence-electron chi connectivity index (χ0n) is 16.2. The normalized spacial score (nSPS) is 19.2. The zero-order valence-corrected chi connectivity index (χ0v) is 16.2. The molecule has 0 aliphatic carbocycles. The third-order valence-corrected chi connectivity index (χ3v) is 5.21. The van der Waals surface area contributed by atoms with Gasteiger partial charge in [-0.05, 0) is 36.1 Å². The topological polar surface area (TPSA) is 101 Å². The second-order valence-electron chi connectivity index (χ2n) is 7.29. The SMILES string of the molecule is CN1C(=O)CC(C)(c2cccc(NC(=O)c3nccc4ccccc34)c2)N=C1N. The van der Waals surface area contributed by atoms with Crippen LogP contribution >= 0.6 is 0 Å². The van der Waals surface area contributed by atoms with Crippen molar-refractivity contribution in [1.29, 1.82) is 0 Å². The van der Waals surface area contributed by atoms with Gasteiger partial charge in [0.25, 0.3) is 5.91 Å². The predicted molar refractivity (Wildman–Crippen MR) is 112 cm³/mol. The summed E-state index contributed by atoms with van der Waals surface area (Å²) in [6.45, 7) is 1.86. The molecule has 29 heavy (non-hydrogen) atoms. The number of amides is 2. The van der Waals surface area contributed by atoms with Gasteiger partial charge in [0.05, 0.1) is 12.0 Å². The van der Waals surface area contributed by atoms with Crippen molar-refractivity contribution in [2.75, 3.05) is 12.4 Å². The van der Waals surface area contributed by atoms with Crippen LogP contribution in [-0.2, 0) is 10.3 Å².